The van der Waals surface area contributed by atoms with Gasteiger partial charge in [-0.1, -0.05) is 45.0 Å². The zero-order valence-corrected chi connectivity index (χ0v) is 32.4. The number of pyridine rings is 1. The summed E-state index contributed by atoms with van der Waals surface area (Å²) < 4.78 is 44.7. The largest absolute Gasteiger partial charge is 0.496 e. The van der Waals surface area contributed by atoms with Gasteiger partial charge in [-0.15, -0.1) is 0 Å². The number of methoxy groups -OCH3 is 2. The summed E-state index contributed by atoms with van der Waals surface area (Å²) in [5, 5.41) is 15.9. The number of carbonyl (C=O) groups excluding carboxylic acids is 2. The Morgan fingerprint density at radius 2 is 1.62 bits per heavy atom. The molecule has 0 saturated heterocycles. The normalized spacial score (nSPS) is 12.0. The van der Waals surface area contributed by atoms with Crippen molar-refractivity contribution in [1.82, 2.24) is 10.3 Å². The number of amides is 3. The van der Waals surface area contributed by atoms with E-state index in [0.29, 0.717) is 39.5 Å². The van der Waals surface area contributed by atoms with Gasteiger partial charge in [0.05, 0.1) is 43.1 Å². The van der Waals surface area contributed by atoms with Crippen molar-refractivity contribution in [1.29, 1.82) is 0 Å². The number of sulfonamides is 1. The summed E-state index contributed by atoms with van der Waals surface area (Å²) in [6, 6.07) is 20.0. The van der Waals surface area contributed by atoms with E-state index in [0.717, 1.165) is 11.8 Å². The van der Waals surface area contributed by atoms with Gasteiger partial charge in [-0.3, -0.25) is 19.2 Å². The topological polar surface area (TPSA) is 238 Å². The molecule has 0 fully saturated rings. The number of carboxylic acid groups (broad SMARTS) is 1. The first-order chi connectivity index (χ1) is 26.4. The molecular formula is C39H43N7O9S. The van der Waals surface area contributed by atoms with Crippen LogP contribution in [0.4, 0.5) is 33.4 Å². The number of hydrogen-bond acceptors (Lipinski definition) is 11. The van der Waals surface area contributed by atoms with Crippen LogP contribution in [0.5, 0.6) is 23.0 Å². The molecule has 0 spiro atoms. The fraction of sp³-hybridized carbons (Fsp3) is 0.231. The summed E-state index contributed by atoms with van der Waals surface area (Å²) in [7, 11) is -0.957. The molecule has 1 heterocycles. The third-order valence-corrected chi connectivity index (χ3v) is 9.07. The van der Waals surface area contributed by atoms with Crippen molar-refractivity contribution in [2.45, 2.75) is 32.2 Å². The number of anilines is 5. The molecule has 0 aliphatic carbocycles. The lowest BCUT2D eigenvalue weighted by atomic mass is 9.86. The van der Waals surface area contributed by atoms with Gasteiger partial charge >= 0.3 is 12.0 Å². The standard InChI is InChI=1S/C39H43N7O9S/c1-39(2,3)22-17-29(45-56(6,51)52)35(54-5)31(18-22)46(38(41)50)30-13-14-32(26-10-8-7-9-25(26)30)55-24-15-16-42-34(20-24)44-23-11-12-27(33(19-23)53-4)36(47)43-21-28(40)37(48)49/h7-20,28,45H,21,40H2,1-6H3,(H2,41,50)(H,42,44)(H,43,47)(H,48,49)/t28-/m0/s1. The maximum atomic E-state index is 13.4. The average Bonchev–Trinajstić information content (AvgIpc) is 3.13. The van der Waals surface area contributed by atoms with Gasteiger partial charge in [-0.25, -0.2) is 18.2 Å². The molecule has 0 aliphatic rings. The highest BCUT2D eigenvalue weighted by atomic mass is 32.2. The van der Waals surface area contributed by atoms with E-state index in [4.69, 9.17) is 30.8 Å². The van der Waals surface area contributed by atoms with E-state index < -0.39 is 39.4 Å². The highest BCUT2D eigenvalue weighted by Gasteiger charge is 2.28. The minimum absolute atomic E-state index is 0.0967. The van der Waals surface area contributed by atoms with Crippen LogP contribution in [0.2, 0.25) is 0 Å². The molecule has 0 aliphatic heterocycles. The van der Waals surface area contributed by atoms with Crippen LogP contribution in [0, 0.1) is 0 Å². The number of ether oxygens (including phenoxy) is 3. The number of primary amides is 1. The molecule has 5 rings (SSSR count). The van der Waals surface area contributed by atoms with Gasteiger partial charge in [0.25, 0.3) is 5.91 Å². The number of hydrogen-bond donors (Lipinski definition) is 6. The average molecular weight is 786 g/mol. The fourth-order valence-electron chi connectivity index (χ4n) is 5.77. The summed E-state index contributed by atoms with van der Waals surface area (Å²) >= 11 is 0. The summed E-state index contributed by atoms with van der Waals surface area (Å²) in [5.74, 6) is -0.205. The molecule has 1 atom stereocenters. The van der Waals surface area contributed by atoms with E-state index in [9.17, 15) is 22.8 Å². The van der Waals surface area contributed by atoms with Gasteiger partial charge in [0, 0.05) is 41.3 Å². The molecule has 56 heavy (non-hydrogen) atoms. The van der Waals surface area contributed by atoms with E-state index in [1.165, 1.54) is 25.2 Å². The lowest BCUT2D eigenvalue weighted by Crippen LogP contribution is -2.42. The Balaban J connectivity index is 1.48. The number of nitrogens with zero attached hydrogens (tertiary/aromatic N) is 2. The van der Waals surface area contributed by atoms with E-state index in [-0.39, 0.29) is 35.0 Å². The van der Waals surface area contributed by atoms with Gasteiger partial charge in [0.1, 0.15) is 29.1 Å². The van der Waals surface area contributed by atoms with Gasteiger partial charge in [0.2, 0.25) is 10.0 Å². The van der Waals surface area contributed by atoms with Gasteiger partial charge in [-0.05, 0) is 53.4 Å². The first-order valence-corrected chi connectivity index (χ1v) is 19.0. The number of fused-ring (bicyclic) bond motifs is 1. The fourth-order valence-corrected chi connectivity index (χ4v) is 6.32. The zero-order valence-electron chi connectivity index (χ0n) is 31.5. The SMILES string of the molecule is COc1cc(Nc2cc(Oc3ccc(N(C(N)=O)c4cc(C(C)(C)C)cc(NS(C)(=O)=O)c4OC)c4ccccc34)ccn2)ccc1C(=O)NC[C@H](N)C(=O)O. The number of urea groups is 1. The third kappa shape index (κ3) is 9.37. The number of carbonyl (C=O) groups is 3. The van der Waals surface area contributed by atoms with Crippen LogP contribution >= 0.6 is 0 Å². The molecule has 0 bridgehead atoms. The Morgan fingerprint density at radius 3 is 2.25 bits per heavy atom. The molecule has 0 saturated carbocycles. The monoisotopic (exact) mass is 785 g/mol. The number of benzene rings is 4. The van der Waals surface area contributed by atoms with Gasteiger partial charge in [0.15, 0.2) is 5.75 Å². The van der Waals surface area contributed by atoms with Crippen molar-refractivity contribution in [2.24, 2.45) is 11.5 Å². The molecule has 8 N–H and O–H groups in total. The van der Waals surface area contributed by atoms with Crippen LogP contribution in [0.1, 0.15) is 36.7 Å². The number of nitrogens with two attached hydrogens (primary N) is 2. The van der Waals surface area contributed by atoms with Crippen molar-refractivity contribution in [3.63, 3.8) is 0 Å². The van der Waals surface area contributed by atoms with Crippen molar-refractivity contribution in [3.8, 4) is 23.0 Å². The second kappa shape index (κ2) is 16.4. The van der Waals surface area contributed by atoms with E-state index >= 15 is 0 Å². The Hall–Kier alpha value is -6.59. The lowest BCUT2D eigenvalue weighted by molar-refractivity contribution is -0.138. The number of aromatic nitrogens is 1. The summed E-state index contributed by atoms with van der Waals surface area (Å²) in [5.41, 5.74) is 13.3. The van der Waals surface area contributed by atoms with Crippen LogP contribution in [0.15, 0.2) is 85.1 Å². The first kappa shape index (κ1) is 40.6. The number of rotatable bonds is 14. The molecule has 4 aromatic carbocycles. The Morgan fingerprint density at radius 1 is 0.911 bits per heavy atom. The van der Waals surface area contributed by atoms with Crippen LogP contribution in [0.25, 0.3) is 10.8 Å². The van der Waals surface area contributed by atoms with Crippen LogP contribution in [-0.2, 0) is 20.2 Å². The maximum absolute atomic E-state index is 13.4. The molecule has 16 nitrogen and oxygen atoms in total. The van der Waals surface area contributed by atoms with Crippen LogP contribution in [-0.4, -0.2) is 69.5 Å². The van der Waals surface area contributed by atoms with Crippen molar-refractivity contribution in [3.05, 3.63) is 96.2 Å². The van der Waals surface area contributed by atoms with E-state index in [2.05, 4.69) is 20.3 Å². The number of aliphatic carboxylic acids is 1. The smallest absolute Gasteiger partial charge is 0.324 e. The molecule has 1 aromatic heterocycles. The predicted molar refractivity (Wildman–Crippen MR) is 214 cm³/mol. The summed E-state index contributed by atoms with van der Waals surface area (Å²) in [6.07, 6.45) is 2.57. The second-order valence-electron chi connectivity index (χ2n) is 13.7. The van der Waals surface area contributed by atoms with Crippen molar-refractivity contribution < 1.29 is 42.1 Å². The van der Waals surface area contributed by atoms with Gasteiger partial charge in [-0.2, -0.15) is 0 Å². The van der Waals surface area contributed by atoms with Gasteiger partial charge < -0.3 is 41.4 Å². The van der Waals surface area contributed by atoms with Crippen molar-refractivity contribution >= 4 is 67.3 Å². The van der Waals surface area contributed by atoms with E-state index in [1.807, 2.05) is 32.9 Å². The summed E-state index contributed by atoms with van der Waals surface area (Å²) in [4.78, 5) is 42.7. The third-order valence-electron chi connectivity index (χ3n) is 8.48. The Kier molecular flexibility index (Phi) is 11.9. The Labute approximate surface area is 323 Å². The molecule has 294 valence electrons. The predicted octanol–water partition coefficient (Wildman–Crippen LogP) is 5.82. The maximum Gasteiger partial charge on any atom is 0.324 e. The molecular weight excluding hydrogens is 743 g/mol. The minimum Gasteiger partial charge on any atom is -0.496 e. The molecule has 0 radical (unpaired) electrons. The lowest BCUT2D eigenvalue weighted by Gasteiger charge is -2.29. The molecule has 5 aromatic rings. The highest BCUT2D eigenvalue weighted by Crippen LogP contribution is 2.46. The van der Waals surface area contributed by atoms with Crippen molar-refractivity contribution in [2.75, 3.05) is 42.0 Å². The van der Waals surface area contributed by atoms with Crippen LogP contribution < -0.4 is 45.9 Å². The minimum atomic E-state index is -3.73. The highest BCUT2D eigenvalue weighted by molar-refractivity contribution is 7.92. The zero-order chi connectivity index (χ0) is 40.9. The van der Waals surface area contributed by atoms with Crippen LogP contribution in [0.3, 0.4) is 0 Å². The van der Waals surface area contributed by atoms with E-state index in [1.54, 1.807) is 66.9 Å². The first-order valence-electron chi connectivity index (χ1n) is 17.1. The second-order valence-corrected chi connectivity index (χ2v) is 15.4. The molecule has 17 heteroatoms. The summed E-state index contributed by atoms with van der Waals surface area (Å²) in [6.45, 7) is 5.61. The quantitative estimate of drug-likeness (QED) is 0.0782. The number of nitrogens with one attached hydrogen (secondary N) is 3. The molecule has 3 amide bonds. The molecule has 0 unspecified atom stereocenters. The number of carboxylic acids is 1. The Bertz CT molecular complexity index is 2420.